The fourth-order valence-corrected chi connectivity index (χ4v) is 3.48. The fraction of sp³-hybridized carbons (Fsp3) is 0.588. The summed E-state index contributed by atoms with van der Waals surface area (Å²) in [7, 11) is 0. The van der Waals surface area contributed by atoms with Crippen molar-refractivity contribution in [2.75, 3.05) is 25.0 Å². The first-order valence-corrected chi connectivity index (χ1v) is 7.63. The zero-order valence-corrected chi connectivity index (χ0v) is 13.2. The maximum absolute atomic E-state index is 12.5. The summed E-state index contributed by atoms with van der Waals surface area (Å²) in [5.74, 6) is 1.15. The summed E-state index contributed by atoms with van der Waals surface area (Å²) in [5.41, 5.74) is 2.10. The van der Waals surface area contributed by atoms with Gasteiger partial charge in [0, 0.05) is 13.1 Å². The molecule has 4 heteroatoms. The number of carbonyl (C=O) groups is 1. The van der Waals surface area contributed by atoms with Gasteiger partial charge in [-0.15, -0.1) is 0 Å². The number of anilines is 1. The van der Waals surface area contributed by atoms with Gasteiger partial charge >= 0.3 is 0 Å². The second kappa shape index (κ2) is 4.65. The molecule has 0 spiro atoms. The molecule has 1 aromatic carbocycles. The molecule has 0 atom stereocenters. The van der Waals surface area contributed by atoms with Gasteiger partial charge in [-0.1, -0.05) is 33.8 Å². The summed E-state index contributed by atoms with van der Waals surface area (Å²) in [5, 5.41) is 6.33. The molecule has 1 saturated carbocycles. The number of fused-ring (bicyclic) bond motifs is 1. The maximum Gasteiger partial charge on any atom is 0.255 e. The Bertz CT molecular complexity index is 564. The molecule has 1 aromatic rings. The molecule has 21 heavy (non-hydrogen) atoms. The van der Waals surface area contributed by atoms with E-state index in [0.29, 0.717) is 23.8 Å². The van der Waals surface area contributed by atoms with E-state index in [-0.39, 0.29) is 16.7 Å². The molecule has 114 valence electrons. The molecule has 0 bridgehead atoms. The van der Waals surface area contributed by atoms with E-state index in [2.05, 4.69) is 38.3 Å². The Hall–Kier alpha value is -1.71. The molecule has 0 unspecified atom stereocenters. The molecule has 1 fully saturated rings. The SMILES string of the molecule is CC1(C)C(CNC(=O)c2cccc3c2OCCN3)C1(C)C. The van der Waals surface area contributed by atoms with Crippen molar-refractivity contribution in [2.24, 2.45) is 16.7 Å². The first kappa shape index (κ1) is 14.2. The lowest BCUT2D eigenvalue weighted by Crippen LogP contribution is -2.29. The molecule has 0 aromatic heterocycles. The van der Waals surface area contributed by atoms with E-state index in [4.69, 9.17) is 4.74 Å². The molecule has 2 aliphatic rings. The highest BCUT2D eigenvalue weighted by atomic mass is 16.5. The number of ether oxygens (including phenoxy) is 1. The van der Waals surface area contributed by atoms with Gasteiger partial charge in [0.2, 0.25) is 0 Å². The van der Waals surface area contributed by atoms with Gasteiger partial charge in [0.25, 0.3) is 5.91 Å². The third-order valence-corrected chi connectivity index (χ3v) is 5.71. The van der Waals surface area contributed by atoms with Crippen LogP contribution < -0.4 is 15.4 Å². The van der Waals surface area contributed by atoms with Crippen LogP contribution in [0.2, 0.25) is 0 Å². The van der Waals surface area contributed by atoms with Gasteiger partial charge < -0.3 is 15.4 Å². The topological polar surface area (TPSA) is 50.4 Å². The number of benzene rings is 1. The van der Waals surface area contributed by atoms with E-state index >= 15 is 0 Å². The quantitative estimate of drug-likeness (QED) is 0.899. The number of rotatable bonds is 3. The summed E-state index contributed by atoms with van der Waals surface area (Å²) in [4.78, 5) is 12.5. The van der Waals surface area contributed by atoms with E-state index < -0.39 is 0 Å². The molecule has 2 N–H and O–H groups in total. The standard InChI is InChI=1S/C17H24N2O2/c1-16(2)13(17(16,3)4)10-19-15(20)11-6-5-7-12-14(11)21-9-8-18-12/h5-7,13,18H,8-10H2,1-4H3,(H,19,20). The van der Waals surface area contributed by atoms with Crippen molar-refractivity contribution in [1.29, 1.82) is 0 Å². The van der Waals surface area contributed by atoms with E-state index in [1.807, 2.05) is 18.2 Å². The van der Waals surface area contributed by atoms with Crippen LogP contribution in [-0.2, 0) is 0 Å². The first-order valence-electron chi connectivity index (χ1n) is 7.63. The summed E-state index contributed by atoms with van der Waals surface area (Å²) in [6, 6.07) is 5.66. The highest BCUT2D eigenvalue weighted by Gasteiger charge is 2.64. The Morgan fingerprint density at radius 1 is 1.33 bits per heavy atom. The van der Waals surface area contributed by atoms with Crippen molar-refractivity contribution < 1.29 is 9.53 Å². The van der Waals surface area contributed by atoms with Crippen LogP contribution in [0.25, 0.3) is 0 Å². The van der Waals surface area contributed by atoms with Gasteiger partial charge in [-0.05, 0) is 28.9 Å². The minimum absolute atomic E-state index is 0.0472. The van der Waals surface area contributed by atoms with Crippen molar-refractivity contribution >= 4 is 11.6 Å². The van der Waals surface area contributed by atoms with E-state index in [1.54, 1.807) is 0 Å². The smallest absolute Gasteiger partial charge is 0.255 e. The van der Waals surface area contributed by atoms with Crippen LogP contribution in [0.3, 0.4) is 0 Å². The molecule has 3 rings (SSSR count). The van der Waals surface area contributed by atoms with Crippen LogP contribution in [0, 0.1) is 16.7 Å². The largest absolute Gasteiger partial charge is 0.489 e. The zero-order valence-electron chi connectivity index (χ0n) is 13.2. The average molecular weight is 288 g/mol. The molecule has 1 amide bonds. The van der Waals surface area contributed by atoms with Crippen LogP contribution in [0.5, 0.6) is 5.75 Å². The fourth-order valence-electron chi connectivity index (χ4n) is 3.48. The molecule has 1 aliphatic heterocycles. The van der Waals surface area contributed by atoms with Crippen molar-refractivity contribution in [3.63, 3.8) is 0 Å². The van der Waals surface area contributed by atoms with Gasteiger partial charge in [-0.3, -0.25) is 4.79 Å². The van der Waals surface area contributed by atoms with Gasteiger partial charge in [-0.25, -0.2) is 0 Å². The number of hydrogen-bond acceptors (Lipinski definition) is 3. The van der Waals surface area contributed by atoms with Crippen LogP contribution in [0.1, 0.15) is 38.1 Å². The second-order valence-electron chi connectivity index (χ2n) is 7.16. The summed E-state index contributed by atoms with van der Waals surface area (Å²) < 4.78 is 5.66. The van der Waals surface area contributed by atoms with E-state index in [0.717, 1.165) is 18.8 Å². The lowest BCUT2D eigenvalue weighted by Gasteiger charge is -2.21. The van der Waals surface area contributed by atoms with Crippen LogP contribution >= 0.6 is 0 Å². The third-order valence-electron chi connectivity index (χ3n) is 5.71. The number of nitrogens with one attached hydrogen (secondary N) is 2. The lowest BCUT2D eigenvalue weighted by molar-refractivity contribution is 0.0946. The molecule has 1 heterocycles. The highest BCUT2D eigenvalue weighted by Crippen LogP contribution is 2.67. The normalized spacial score (nSPS) is 21.7. The van der Waals surface area contributed by atoms with Gasteiger partial charge in [0.15, 0.2) is 5.75 Å². The van der Waals surface area contributed by atoms with Gasteiger partial charge in [-0.2, -0.15) is 0 Å². The Morgan fingerprint density at radius 2 is 2.05 bits per heavy atom. The number of carbonyl (C=O) groups excluding carboxylic acids is 1. The molecule has 1 aliphatic carbocycles. The van der Waals surface area contributed by atoms with Crippen molar-refractivity contribution in [2.45, 2.75) is 27.7 Å². The third kappa shape index (κ3) is 2.17. The highest BCUT2D eigenvalue weighted by molar-refractivity contribution is 5.99. The van der Waals surface area contributed by atoms with Gasteiger partial charge in [0.1, 0.15) is 6.61 Å². The van der Waals surface area contributed by atoms with E-state index in [9.17, 15) is 4.79 Å². The second-order valence-corrected chi connectivity index (χ2v) is 7.16. The molecule has 4 nitrogen and oxygen atoms in total. The maximum atomic E-state index is 12.5. The Kier molecular flexibility index (Phi) is 3.15. The molecule has 0 saturated heterocycles. The monoisotopic (exact) mass is 288 g/mol. The van der Waals surface area contributed by atoms with E-state index in [1.165, 1.54) is 0 Å². The van der Waals surface area contributed by atoms with Crippen LogP contribution in [0.15, 0.2) is 18.2 Å². The van der Waals surface area contributed by atoms with Crippen molar-refractivity contribution in [1.82, 2.24) is 5.32 Å². The molecular formula is C17H24N2O2. The molecule has 0 radical (unpaired) electrons. The Morgan fingerprint density at radius 3 is 2.71 bits per heavy atom. The van der Waals surface area contributed by atoms with Crippen LogP contribution in [-0.4, -0.2) is 25.6 Å². The van der Waals surface area contributed by atoms with Crippen molar-refractivity contribution in [3.8, 4) is 5.75 Å². The predicted octanol–water partition coefficient (Wildman–Crippen LogP) is 2.90. The van der Waals surface area contributed by atoms with Crippen molar-refractivity contribution in [3.05, 3.63) is 23.8 Å². The van der Waals surface area contributed by atoms with Gasteiger partial charge in [0.05, 0.1) is 11.3 Å². The minimum Gasteiger partial charge on any atom is -0.489 e. The Labute approximate surface area is 126 Å². The zero-order chi connectivity index (χ0) is 15.3. The number of amides is 1. The molecular weight excluding hydrogens is 264 g/mol. The Balaban J connectivity index is 1.70. The summed E-state index contributed by atoms with van der Waals surface area (Å²) >= 11 is 0. The number of para-hydroxylation sites is 1. The predicted molar refractivity (Wildman–Crippen MR) is 83.8 cm³/mol. The first-order chi connectivity index (χ1) is 9.85. The summed E-state index contributed by atoms with van der Waals surface area (Å²) in [6.45, 7) is 11.2. The summed E-state index contributed by atoms with van der Waals surface area (Å²) in [6.07, 6.45) is 0. The average Bonchev–Trinajstić information content (AvgIpc) is 2.85. The lowest BCUT2D eigenvalue weighted by atomic mass is 10.0. The number of hydrogen-bond donors (Lipinski definition) is 2. The van der Waals surface area contributed by atoms with Crippen LogP contribution in [0.4, 0.5) is 5.69 Å². The minimum atomic E-state index is -0.0472.